The summed E-state index contributed by atoms with van der Waals surface area (Å²) in [4.78, 5) is 52.5. The first kappa shape index (κ1) is 24.6. The molecule has 1 aromatic heterocycles. The monoisotopic (exact) mass is 627 g/mol. The van der Waals surface area contributed by atoms with E-state index in [2.05, 4.69) is 0 Å². The predicted molar refractivity (Wildman–Crippen MR) is 136 cm³/mol. The highest BCUT2D eigenvalue weighted by molar-refractivity contribution is 14.1. The minimum absolute atomic E-state index is 0.0419. The Bertz CT molecular complexity index is 1590. The molecule has 8 nitrogen and oxygen atoms in total. The van der Waals surface area contributed by atoms with Crippen LogP contribution in [0.25, 0.3) is 5.69 Å². The summed E-state index contributed by atoms with van der Waals surface area (Å²) in [5.74, 6) is -1.60. The number of hydrogen-bond acceptors (Lipinski definition) is 4. The van der Waals surface area contributed by atoms with Gasteiger partial charge in [0.25, 0.3) is 5.56 Å². The van der Waals surface area contributed by atoms with Crippen LogP contribution in [0.5, 0.6) is 0 Å². The van der Waals surface area contributed by atoms with E-state index in [9.17, 15) is 33.1 Å². The third-order valence-electron chi connectivity index (χ3n) is 6.71. The van der Waals surface area contributed by atoms with Gasteiger partial charge in [0.1, 0.15) is 5.56 Å². The van der Waals surface area contributed by atoms with E-state index >= 15 is 0 Å². The Kier molecular flexibility index (Phi) is 5.63. The van der Waals surface area contributed by atoms with E-state index in [1.54, 1.807) is 30.1 Å². The van der Waals surface area contributed by atoms with Crippen molar-refractivity contribution in [2.45, 2.75) is 28.7 Å². The normalized spacial score (nSPS) is 15.9. The molecule has 0 unspecified atom stereocenters. The van der Waals surface area contributed by atoms with Crippen LogP contribution in [0.3, 0.4) is 0 Å². The number of aromatic nitrogens is 2. The lowest BCUT2D eigenvalue weighted by molar-refractivity contribution is -0.119. The number of carboxylic acid groups (broad SMARTS) is 1. The molecule has 3 aromatic rings. The standard InChI is InChI=1S/C24H17ClF2IN3O5/c1-29-17-6-5-13(9-16(17)23(7-8-23)21(29)35)30-11-14(20(33)34)19(32)31(22(30)36)10-12-3-2-4-15(18(12)25)24(26,27)28/h2-6,9,11H,7-8,10H2,1H3,(H,33,34). The van der Waals surface area contributed by atoms with E-state index in [0.717, 1.165) is 45.0 Å². The number of benzene rings is 2. The zero-order valence-corrected chi connectivity index (χ0v) is 21.5. The van der Waals surface area contributed by atoms with Gasteiger partial charge in [-0.05, 0) is 42.2 Å². The molecule has 0 radical (unpaired) electrons. The van der Waals surface area contributed by atoms with Crippen LogP contribution < -0.4 is 16.1 Å². The van der Waals surface area contributed by atoms with Crippen molar-refractivity contribution in [1.29, 1.82) is 0 Å². The Morgan fingerprint density at radius 2 is 1.89 bits per heavy atom. The summed E-state index contributed by atoms with van der Waals surface area (Å²) in [5, 5.41) is 9.31. The maximum atomic E-state index is 13.9. The first-order chi connectivity index (χ1) is 16.9. The SMILES string of the molecule is CN1C(=O)C2(CC2)c2cc(-n3cc(C(=O)O)c(=O)n(Cc4cccc(C(F)(F)I)c4Cl)c3=O)ccc21. The van der Waals surface area contributed by atoms with Crippen LogP contribution in [0.2, 0.25) is 5.02 Å². The molecule has 2 aromatic carbocycles. The lowest BCUT2D eigenvalue weighted by Crippen LogP contribution is -2.42. The molecule has 0 saturated heterocycles. The van der Waals surface area contributed by atoms with Crippen LogP contribution in [0.4, 0.5) is 14.5 Å². The number of halogens is 4. The second kappa shape index (κ2) is 8.23. The number of fused-ring (bicyclic) bond motifs is 2. The van der Waals surface area contributed by atoms with Gasteiger partial charge in [0, 0.05) is 47.1 Å². The predicted octanol–water partition coefficient (Wildman–Crippen LogP) is 3.89. The summed E-state index contributed by atoms with van der Waals surface area (Å²) >= 11 is 7.10. The summed E-state index contributed by atoms with van der Waals surface area (Å²) in [6, 6.07) is 8.69. The maximum absolute atomic E-state index is 13.9. The van der Waals surface area contributed by atoms with Crippen LogP contribution >= 0.6 is 34.2 Å². The molecule has 1 saturated carbocycles. The molecule has 5 rings (SSSR count). The highest BCUT2D eigenvalue weighted by atomic mass is 127. The van der Waals surface area contributed by atoms with Gasteiger partial charge in [0.15, 0.2) is 0 Å². The van der Waals surface area contributed by atoms with E-state index in [1.165, 1.54) is 12.1 Å². The second-order valence-corrected chi connectivity index (χ2v) is 10.5. The van der Waals surface area contributed by atoms with Gasteiger partial charge in [-0.3, -0.25) is 18.7 Å². The maximum Gasteiger partial charge on any atom is 0.342 e. The molecular formula is C24H17ClF2IN3O5. The van der Waals surface area contributed by atoms with Crippen LogP contribution in [0.1, 0.15) is 39.9 Å². The Morgan fingerprint density at radius 1 is 1.19 bits per heavy atom. The van der Waals surface area contributed by atoms with Crippen molar-refractivity contribution in [3.63, 3.8) is 0 Å². The molecule has 0 atom stereocenters. The number of carboxylic acids is 1. The molecule has 2 heterocycles. The molecule has 186 valence electrons. The molecule has 36 heavy (non-hydrogen) atoms. The van der Waals surface area contributed by atoms with E-state index in [-0.39, 0.29) is 22.2 Å². The van der Waals surface area contributed by atoms with Crippen LogP contribution in [0.15, 0.2) is 52.2 Å². The van der Waals surface area contributed by atoms with E-state index in [0.29, 0.717) is 23.1 Å². The van der Waals surface area contributed by atoms with Gasteiger partial charge in [-0.1, -0.05) is 29.8 Å². The van der Waals surface area contributed by atoms with Crippen molar-refractivity contribution >= 4 is 51.8 Å². The van der Waals surface area contributed by atoms with Crippen LogP contribution in [-0.4, -0.2) is 33.2 Å². The Hall–Kier alpha value is -3.06. The minimum atomic E-state index is -3.30. The Balaban J connectivity index is 1.68. The smallest absolute Gasteiger partial charge is 0.342 e. The fourth-order valence-electron chi connectivity index (χ4n) is 4.67. The number of nitrogens with zero attached hydrogens (tertiary/aromatic N) is 3. The molecule has 1 aliphatic heterocycles. The quantitative estimate of drug-likeness (QED) is 0.342. The Morgan fingerprint density at radius 3 is 2.50 bits per heavy atom. The molecule has 1 fully saturated rings. The number of anilines is 1. The Labute approximate surface area is 220 Å². The fraction of sp³-hybridized carbons (Fsp3) is 0.250. The second-order valence-electron chi connectivity index (χ2n) is 8.82. The molecule has 1 spiro atoms. The van der Waals surface area contributed by atoms with Crippen LogP contribution in [0, 0.1) is 0 Å². The number of likely N-dealkylation sites (N-methyl/N-ethyl adjacent to an activating group) is 1. The van der Waals surface area contributed by atoms with Crippen molar-refractivity contribution < 1.29 is 23.5 Å². The third kappa shape index (κ3) is 3.67. The van der Waals surface area contributed by atoms with E-state index in [1.807, 2.05) is 0 Å². The van der Waals surface area contributed by atoms with Gasteiger partial charge in [-0.25, -0.2) is 9.59 Å². The topological polar surface area (TPSA) is 102 Å². The molecule has 1 aliphatic carbocycles. The van der Waals surface area contributed by atoms with Gasteiger partial charge in [-0.2, -0.15) is 8.78 Å². The fourth-order valence-corrected chi connectivity index (χ4v) is 5.58. The zero-order chi connectivity index (χ0) is 26.2. The summed E-state index contributed by atoms with van der Waals surface area (Å²) < 4.78 is 26.2. The van der Waals surface area contributed by atoms with Crippen molar-refractivity contribution in [3.8, 4) is 5.69 Å². The largest absolute Gasteiger partial charge is 0.477 e. The number of hydrogen-bond donors (Lipinski definition) is 1. The number of carbonyl (C=O) groups is 2. The molecule has 0 bridgehead atoms. The lowest BCUT2D eigenvalue weighted by atomic mass is 9.97. The first-order valence-electron chi connectivity index (χ1n) is 10.7. The number of amides is 1. The van der Waals surface area contributed by atoms with E-state index in [4.69, 9.17) is 11.6 Å². The van der Waals surface area contributed by atoms with Crippen molar-refractivity contribution in [2.75, 3.05) is 11.9 Å². The van der Waals surface area contributed by atoms with E-state index < -0.39 is 44.2 Å². The van der Waals surface area contributed by atoms with Crippen molar-refractivity contribution in [2.24, 2.45) is 0 Å². The van der Waals surface area contributed by atoms with Gasteiger partial charge in [0.05, 0.1) is 22.7 Å². The number of aromatic carboxylic acids is 1. The zero-order valence-electron chi connectivity index (χ0n) is 18.6. The van der Waals surface area contributed by atoms with Gasteiger partial charge < -0.3 is 10.0 Å². The van der Waals surface area contributed by atoms with Crippen LogP contribution in [-0.2, 0) is 20.7 Å². The first-order valence-corrected chi connectivity index (χ1v) is 12.2. The summed E-state index contributed by atoms with van der Waals surface area (Å²) in [7, 11) is 1.67. The minimum Gasteiger partial charge on any atom is -0.477 e. The molecule has 1 N–H and O–H groups in total. The summed E-state index contributed by atoms with van der Waals surface area (Å²) in [6.07, 6.45) is 2.26. The highest BCUT2D eigenvalue weighted by Crippen LogP contribution is 2.57. The summed E-state index contributed by atoms with van der Waals surface area (Å²) in [5.41, 5.74) is -2.05. The third-order valence-corrected chi connectivity index (χ3v) is 7.74. The number of alkyl halides is 3. The number of rotatable bonds is 5. The molecule has 1 amide bonds. The average Bonchev–Trinajstić information content (AvgIpc) is 3.59. The van der Waals surface area contributed by atoms with Gasteiger partial charge >= 0.3 is 15.6 Å². The highest BCUT2D eigenvalue weighted by Gasteiger charge is 2.58. The van der Waals surface area contributed by atoms with Gasteiger partial charge in [0.2, 0.25) is 5.91 Å². The molecule has 12 heteroatoms. The summed E-state index contributed by atoms with van der Waals surface area (Å²) in [6.45, 7) is -0.520. The van der Waals surface area contributed by atoms with Crippen molar-refractivity contribution in [3.05, 3.63) is 90.7 Å². The van der Waals surface area contributed by atoms with Gasteiger partial charge in [-0.15, -0.1) is 0 Å². The lowest BCUT2D eigenvalue weighted by Gasteiger charge is -2.16. The van der Waals surface area contributed by atoms with Crippen molar-refractivity contribution in [1.82, 2.24) is 9.13 Å². The number of carbonyl (C=O) groups excluding carboxylic acids is 1. The molecular weight excluding hydrogens is 611 g/mol. The average molecular weight is 628 g/mol. The molecule has 2 aliphatic rings.